The number of rotatable bonds is 1. The normalized spacial score (nSPS) is 16.6. The lowest BCUT2D eigenvalue weighted by molar-refractivity contribution is 0.443. The highest BCUT2D eigenvalue weighted by Crippen LogP contribution is 2.28. The Morgan fingerprint density at radius 3 is 2.38 bits per heavy atom. The van der Waals surface area contributed by atoms with Gasteiger partial charge in [0.25, 0.3) is 0 Å². The lowest BCUT2D eigenvalue weighted by Crippen LogP contribution is -2.44. The van der Waals surface area contributed by atoms with E-state index in [0.717, 1.165) is 19.2 Å². The summed E-state index contributed by atoms with van der Waals surface area (Å²) in [6.45, 7) is 4.23. The summed E-state index contributed by atoms with van der Waals surface area (Å²) in [4.78, 5) is 1.74. The summed E-state index contributed by atoms with van der Waals surface area (Å²) in [5.41, 5.74) is 0.610. The molecule has 0 atom stereocenters. The van der Waals surface area contributed by atoms with E-state index >= 15 is 0 Å². The van der Waals surface area contributed by atoms with Crippen molar-refractivity contribution in [2.24, 2.45) is 0 Å². The van der Waals surface area contributed by atoms with Crippen molar-refractivity contribution in [3.05, 3.63) is 29.1 Å². The lowest BCUT2D eigenvalue weighted by Gasteiger charge is -2.31. The zero-order chi connectivity index (χ0) is 11.7. The average Bonchev–Trinajstić information content (AvgIpc) is 2.28. The lowest BCUT2D eigenvalue weighted by atomic mass is 10.1. The molecule has 1 N–H and O–H groups in total. The largest absolute Gasteiger partial charge is 0.366 e. The Morgan fingerprint density at radius 2 is 1.75 bits per heavy atom. The minimum atomic E-state index is -1.39. The molecule has 88 valence electrons. The zero-order valence-corrected chi connectivity index (χ0v) is 8.99. The molecule has 0 saturated carbocycles. The van der Waals surface area contributed by atoms with Crippen LogP contribution in [0.1, 0.15) is 5.56 Å². The maximum absolute atomic E-state index is 13.6. The van der Waals surface area contributed by atoms with E-state index in [1.165, 1.54) is 0 Å². The number of piperazine rings is 1. The van der Waals surface area contributed by atoms with Crippen molar-refractivity contribution in [3.63, 3.8) is 0 Å². The summed E-state index contributed by atoms with van der Waals surface area (Å²) in [7, 11) is 0. The zero-order valence-electron chi connectivity index (χ0n) is 8.99. The molecule has 1 aromatic rings. The van der Waals surface area contributed by atoms with Gasteiger partial charge in [0.2, 0.25) is 0 Å². The third kappa shape index (κ3) is 1.87. The molecule has 1 heterocycles. The summed E-state index contributed by atoms with van der Waals surface area (Å²) >= 11 is 0. The van der Waals surface area contributed by atoms with E-state index in [4.69, 9.17) is 0 Å². The minimum absolute atomic E-state index is 0.181. The summed E-state index contributed by atoms with van der Waals surface area (Å²) in [6, 6.07) is 1.04. The van der Waals surface area contributed by atoms with Crippen LogP contribution in [-0.2, 0) is 0 Å². The van der Waals surface area contributed by atoms with Gasteiger partial charge < -0.3 is 10.2 Å². The van der Waals surface area contributed by atoms with Gasteiger partial charge in [-0.15, -0.1) is 0 Å². The SMILES string of the molecule is Cc1cc(F)c(F)c(F)c1N1CCNCC1. The number of benzene rings is 1. The second-order valence-corrected chi connectivity index (χ2v) is 3.89. The van der Waals surface area contributed by atoms with Crippen molar-refractivity contribution >= 4 is 5.69 Å². The number of hydrogen-bond acceptors (Lipinski definition) is 2. The van der Waals surface area contributed by atoms with Gasteiger partial charge in [-0.3, -0.25) is 0 Å². The molecule has 2 rings (SSSR count). The topological polar surface area (TPSA) is 15.3 Å². The Labute approximate surface area is 92.1 Å². The standard InChI is InChI=1S/C11H13F3N2/c1-7-6-8(12)9(13)10(14)11(7)16-4-2-15-3-5-16/h6,15H,2-5H2,1H3. The number of nitrogens with zero attached hydrogens (tertiary/aromatic N) is 1. The molecule has 1 fully saturated rings. The molecule has 1 aliphatic rings. The summed E-state index contributed by atoms with van der Waals surface area (Å²) < 4.78 is 39.7. The van der Waals surface area contributed by atoms with Crippen LogP contribution in [0.2, 0.25) is 0 Å². The average molecular weight is 230 g/mol. The molecule has 2 nitrogen and oxygen atoms in total. The number of hydrogen-bond donors (Lipinski definition) is 1. The summed E-state index contributed by atoms with van der Waals surface area (Å²) in [5.74, 6) is -3.60. The van der Waals surface area contributed by atoms with Crippen molar-refractivity contribution in [2.45, 2.75) is 6.92 Å². The van der Waals surface area contributed by atoms with Gasteiger partial charge in [0.15, 0.2) is 17.5 Å². The Bertz CT molecular complexity index is 401. The maximum atomic E-state index is 13.6. The van der Waals surface area contributed by atoms with Gasteiger partial charge in [0, 0.05) is 26.2 Å². The third-order valence-electron chi connectivity index (χ3n) is 2.76. The third-order valence-corrected chi connectivity index (χ3v) is 2.76. The fourth-order valence-corrected chi connectivity index (χ4v) is 1.98. The first-order chi connectivity index (χ1) is 7.61. The fraction of sp³-hybridized carbons (Fsp3) is 0.455. The van der Waals surface area contributed by atoms with Gasteiger partial charge in [0.1, 0.15) is 0 Å². The van der Waals surface area contributed by atoms with Crippen molar-refractivity contribution in [2.75, 3.05) is 31.1 Å². The van der Waals surface area contributed by atoms with Gasteiger partial charge in [-0.05, 0) is 18.6 Å². The Kier molecular flexibility index (Phi) is 3.05. The van der Waals surface area contributed by atoms with Crippen LogP contribution < -0.4 is 10.2 Å². The minimum Gasteiger partial charge on any atom is -0.366 e. The first-order valence-electron chi connectivity index (χ1n) is 5.21. The summed E-state index contributed by atoms with van der Waals surface area (Å²) in [6.07, 6.45) is 0. The molecule has 0 unspecified atom stereocenters. The molecule has 0 aliphatic carbocycles. The molecule has 0 spiro atoms. The van der Waals surface area contributed by atoms with E-state index in [2.05, 4.69) is 5.32 Å². The van der Waals surface area contributed by atoms with E-state index < -0.39 is 17.5 Å². The van der Waals surface area contributed by atoms with Crippen LogP contribution in [0.15, 0.2) is 6.07 Å². The van der Waals surface area contributed by atoms with Crippen molar-refractivity contribution < 1.29 is 13.2 Å². The highest BCUT2D eigenvalue weighted by molar-refractivity contribution is 5.55. The molecule has 1 aliphatic heterocycles. The molecule has 0 bridgehead atoms. The van der Waals surface area contributed by atoms with Gasteiger partial charge >= 0.3 is 0 Å². The first kappa shape index (κ1) is 11.3. The molecule has 5 heteroatoms. The number of anilines is 1. The molecule has 0 radical (unpaired) electrons. The maximum Gasteiger partial charge on any atom is 0.196 e. The van der Waals surface area contributed by atoms with Gasteiger partial charge in [-0.2, -0.15) is 0 Å². The monoisotopic (exact) mass is 230 g/mol. The van der Waals surface area contributed by atoms with Gasteiger partial charge in [-0.25, -0.2) is 13.2 Å². The van der Waals surface area contributed by atoms with E-state index in [0.29, 0.717) is 18.7 Å². The van der Waals surface area contributed by atoms with Crippen LogP contribution in [0.4, 0.5) is 18.9 Å². The van der Waals surface area contributed by atoms with Gasteiger partial charge in [-0.1, -0.05) is 0 Å². The van der Waals surface area contributed by atoms with Crippen molar-refractivity contribution in [1.29, 1.82) is 0 Å². The molecule has 0 aromatic heterocycles. The second kappa shape index (κ2) is 4.33. The van der Waals surface area contributed by atoms with Crippen LogP contribution in [0.3, 0.4) is 0 Å². The molecule has 16 heavy (non-hydrogen) atoms. The summed E-state index contributed by atoms with van der Waals surface area (Å²) in [5, 5.41) is 3.12. The van der Waals surface area contributed by atoms with Crippen molar-refractivity contribution in [3.8, 4) is 0 Å². The molecular weight excluding hydrogens is 217 g/mol. The van der Waals surface area contributed by atoms with E-state index in [9.17, 15) is 13.2 Å². The van der Waals surface area contributed by atoms with E-state index in [1.54, 1.807) is 11.8 Å². The van der Waals surface area contributed by atoms with Crippen LogP contribution in [-0.4, -0.2) is 26.2 Å². The Balaban J connectivity index is 2.42. The molecular formula is C11H13F3N2. The highest BCUT2D eigenvalue weighted by Gasteiger charge is 2.22. The van der Waals surface area contributed by atoms with Crippen LogP contribution in [0.25, 0.3) is 0 Å². The smallest absolute Gasteiger partial charge is 0.196 e. The van der Waals surface area contributed by atoms with Gasteiger partial charge in [0.05, 0.1) is 5.69 Å². The van der Waals surface area contributed by atoms with Crippen molar-refractivity contribution in [1.82, 2.24) is 5.32 Å². The Morgan fingerprint density at radius 1 is 1.12 bits per heavy atom. The fourth-order valence-electron chi connectivity index (χ4n) is 1.98. The van der Waals surface area contributed by atoms with Crippen LogP contribution in [0.5, 0.6) is 0 Å². The molecule has 1 saturated heterocycles. The predicted octanol–water partition coefficient (Wildman–Crippen LogP) is 1.82. The number of halogens is 3. The number of aryl methyl sites for hydroxylation is 1. The van der Waals surface area contributed by atoms with E-state index in [1.807, 2.05) is 0 Å². The predicted molar refractivity (Wildman–Crippen MR) is 56.1 cm³/mol. The quantitative estimate of drug-likeness (QED) is 0.740. The van der Waals surface area contributed by atoms with Crippen LogP contribution >= 0.6 is 0 Å². The Hall–Kier alpha value is -1.23. The van der Waals surface area contributed by atoms with Crippen LogP contribution in [0, 0.1) is 24.4 Å². The second-order valence-electron chi connectivity index (χ2n) is 3.89. The first-order valence-corrected chi connectivity index (χ1v) is 5.21. The molecule has 0 amide bonds. The highest BCUT2D eigenvalue weighted by atomic mass is 19.2. The number of nitrogens with one attached hydrogen (secondary N) is 1. The van der Waals surface area contributed by atoms with E-state index in [-0.39, 0.29) is 5.69 Å². The molecule has 1 aromatic carbocycles.